The van der Waals surface area contributed by atoms with E-state index in [1.54, 1.807) is 4.57 Å². The molecule has 3 rings (SSSR count). The second-order valence-electron chi connectivity index (χ2n) is 5.15. The maximum Gasteiger partial charge on any atom is 0.325 e. The van der Waals surface area contributed by atoms with Crippen LogP contribution in [-0.4, -0.2) is 22.2 Å². The summed E-state index contributed by atoms with van der Waals surface area (Å²) in [5, 5.41) is 9.09. The lowest BCUT2D eigenvalue weighted by Gasteiger charge is -2.06. The third kappa shape index (κ3) is 3.39. The van der Waals surface area contributed by atoms with Gasteiger partial charge in [0.1, 0.15) is 6.54 Å². The predicted molar refractivity (Wildman–Crippen MR) is 98.7 cm³/mol. The molecule has 0 bridgehead atoms. The summed E-state index contributed by atoms with van der Waals surface area (Å²) >= 11 is 6.24. The number of esters is 1. The molecule has 0 saturated heterocycles. The number of para-hydroxylation sites is 2. The molecule has 126 valence electrons. The van der Waals surface area contributed by atoms with E-state index in [0.717, 1.165) is 16.6 Å². The first kappa shape index (κ1) is 18.3. The second-order valence-corrected chi connectivity index (χ2v) is 5.56. The van der Waals surface area contributed by atoms with E-state index >= 15 is 0 Å². The van der Waals surface area contributed by atoms with Crippen LogP contribution in [-0.2, 0) is 22.6 Å². The first-order valence-corrected chi connectivity index (χ1v) is 7.52. The molecule has 7 heteroatoms. The van der Waals surface area contributed by atoms with Crippen molar-refractivity contribution in [2.24, 2.45) is 0 Å². The highest BCUT2D eigenvalue weighted by atomic mass is 79.9. The fraction of sp³-hybridized carbons (Fsp3) is 0.176. The Bertz CT molecular complexity index is 933. The molecule has 0 saturated carbocycles. The molecular formula is C17H17BrClN3O2. The monoisotopic (exact) mass is 409 g/mol. The smallest absolute Gasteiger partial charge is 0.325 e. The van der Waals surface area contributed by atoms with Crippen molar-refractivity contribution in [3.8, 4) is 0 Å². The van der Waals surface area contributed by atoms with Crippen molar-refractivity contribution in [3.63, 3.8) is 0 Å². The first-order valence-electron chi connectivity index (χ1n) is 7.14. The average Bonchev–Trinajstić information content (AvgIpc) is 2.82. The standard InChI is InChI=1S/C17H16ClN3O2.BrH/c1-23-16(22)11-21-15-9-5-4-8-14(15)20(17(21)19)10-12-6-2-3-7-13(12)18;/h2-9,19H,10-11H2,1H3;1H. The van der Waals surface area contributed by atoms with Crippen LogP contribution in [0.3, 0.4) is 0 Å². The van der Waals surface area contributed by atoms with Crippen LogP contribution in [0.2, 0.25) is 5.02 Å². The van der Waals surface area contributed by atoms with Crippen molar-refractivity contribution >= 4 is 45.6 Å². The molecule has 0 atom stereocenters. The number of imidazole rings is 1. The number of hydrogen-bond donors (Lipinski definition) is 1. The zero-order chi connectivity index (χ0) is 16.4. The molecule has 0 fully saturated rings. The van der Waals surface area contributed by atoms with E-state index < -0.39 is 0 Å². The number of methoxy groups -OCH3 is 1. The Balaban J connectivity index is 0.00000208. The second kappa shape index (κ2) is 7.68. The van der Waals surface area contributed by atoms with Gasteiger partial charge in [0.15, 0.2) is 0 Å². The SMILES string of the molecule is Br.COC(=O)Cn1c(=N)n(Cc2ccccc2Cl)c2ccccc21. The fourth-order valence-corrected chi connectivity index (χ4v) is 2.80. The van der Waals surface area contributed by atoms with Crippen LogP contribution in [0.15, 0.2) is 48.5 Å². The average molecular weight is 411 g/mol. The fourth-order valence-electron chi connectivity index (χ4n) is 2.61. The van der Waals surface area contributed by atoms with Crippen LogP contribution < -0.4 is 5.62 Å². The highest BCUT2D eigenvalue weighted by molar-refractivity contribution is 8.93. The van der Waals surface area contributed by atoms with Gasteiger partial charge in [-0.3, -0.25) is 14.8 Å². The van der Waals surface area contributed by atoms with Gasteiger partial charge in [-0.25, -0.2) is 0 Å². The molecule has 1 N–H and O–H groups in total. The summed E-state index contributed by atoms with van der Waals surface area (Å²) in [5.74, 6) is -0.385. The quantitative estimate of drug-likeness (QED) is 0.670. The maximum absolute atomic E-state index is 11.6. The zero-order valence-corrected chi connectivity index (χ0v) is 15.5. The number of carbonyl (C=O) groups excluding carboxylic acids is 1. The van der Waals surface area contributed by atoms with Gasteiger partial charge in [0.2, 0.25) is 5.62 Å². The summed E-state index contributed by atoms with van der Waals surface area (Å²) in [4.78, 5) is 11.6. The van der Waals surface area contributed by atoms with Gasteiger partial charge in [0.05, 0.1) is 24.7 Å². The summed E-state index contributed by atoms with van der Waals surface area (Å²) in [7, 11) is 1.34. The lowest BCUT2D eigenvalue weighted by Crippen LogP contribution is -2.28. The van der Waals surface area contributed by atoms with Gasteiger partial charge in [-0.05, 0) is 23.8 Å². The molecule has 0 aliphatic carbocycles. The molecule has 3 aromatic rings. The Labute approximate surface area is 154 Å². The number of aromatic nitrogens is 2. The van der Waals surface area contributed by atoms with Gasteiger partial charge in [0.25, 0.3) is 0 Å². The van der Waals surface area contributed by atoms with Crippen LogP contribution in [0.25, 0.3) is 11.0 Å². The van der Waals surface area contributed by atoms with Crippen LogP contribution in [0.5, 0.6) is 0 Å². The highest BCUT2D eigenvalue weighted by Crippen LogP contribution is 2.19. The molecule has 5 nitrogen and oxygen atoms in total. The van der Waals surface area contributed by atoms with Crippen molar-refractivity contribution in [3.05, 3.63) is 64.7 Å². The molecule has 0 aliphatic heterocycles. The molecule has 0 unspecified atom stereocenters. The van der Waals surface area contributed by atoms with E-state index in [-0.39, 0.29) is 35.1 Å². The number of rotatable bonds is 4. The molecule has 1 aromatic heterocycles. The number of fused-ring (bicyclic) bond motifs is 1. The van der Waals surface area contributed by atoms with Gasteiger partial charge in [-0.2, -0.15) is 0 Å². The number of carbonyl (C=O) groups is 1. The number of nitrogens with one attached hydrogen (secondary N) is 1. The van der Waals surface area contributed by atoms with Gasteiger partial charge >= 0.3 is 5.97 Å². The van der Waals surface area contributed by atoms with E-state index in [0.29, 0.717) is 11.6 Å². The summed E-state index contributed by atoms with van der Waals surface area (Å²) in [6.07, 6.45) is 0. The van der Waals surface area contributed by atoms with E-state index in [1.165, 1.54) is 7.11 Å². The van der Waals surface area contributed by atoms with Crippen LogP contribution in [0.4, 0.5) is 0 Å². The van der Waals surface area contributed by atoms with Crippen molar-refractivity contribution in [1.29, 1.82) is 5.41 Å². The molecule has 2 aromatic carbocycles. The van der Waals surface area contributed by atoms with E-state index in [2.05, 4.69) is 0 Å². The lowest BCUT2D eigenvalue weighted by atomic mass is 10.2. The van der Waals surface area contributed by atoms with Crippen molar-refractivity contribution in [2.75, 3.05) is 7.11 Å². The highest BCUT2D eigenvalue weighted by Gasteiger charge is 2.14. The van der Waals surface area contributed by atoms with Gasteiger partial charge in [-0.15, -0.1) is 17.0 Å². The number of benzene rings is 2. The maximum atomic E-state index is 11.6. The first-order chi connectivity index (χ1) is 11.1. The van der Waals surface area contributed by atoms with Crippen LogP contribution >= 0.6 is 28.6 Å². The van der Waals surface area contributed by atoms with Crippen molar-refractivity contribution in [2.45, 2.75) is 13.1 Å². The summed E-state index contributed by atoms with van der Waals surface area (Å²) < 4.78 is 8.20. The third-order valence-electron chi connectivity index (χ3n) is 3.78. The minimum Gasteiger partial charge on any atom is -0.468 e. The number of nitrogens with zero attached hydrogens (tertiary/aromatic N) is 2. The third-order valence-corrected chi connectivity index (χ3v) is 4.14. The minimum atomic E-state index is -0.385. The zero-order valence-electron chi connectivity index (χ0n) is 13.0. The van der Waals surface area contributed by atoms with Gasteiger partial charge < -0.3 is 9.30 Å². The Morgan fingerprint density at radius 1 is 1.08 bits per heavy atom. The molecule has 0 amide bonds. The van der Waals surface area contributed by atoms with Crippen LogP contribution in [0.1, 0.15) is 5.56 Å². The van der Waals surface area contributed by atoms with E-state index in [4.69, 9.17) is 21.7 Å². The van der Waals surface area contributed by atoms with Gasteiger partial charge in [0, 0.05) is 5.02 Å². The Hall–Kier alpha value is -2.05. The topological polar surface area (TPSA) is 60.0 Å². The largest absolute Gasteiger partial charge is 0.468 e. The number of hydrogen-bond acceptors (Lipinski definition) is 3. The van der Waals surface area contributed by atoms with Crippen molar-refractivity contribution in [1.82, 2.24) is 9.13 Å². The minimum absolute atomic E-state index is 0. The molecule has 0 aliphatic rings. The Morgan fingerprint density at radius 2 is 1.67 bits per heavy atom. The Morgan fingerprint density at radius 3 is 2.29 bits per heavy atom. The van der Waals surface area contributed by atoms with E-state index in [1.807, 2.05) is 53.1 Å². The lowest BCUT2D eigenvalue weighted by molar-refractivity contribution is -0.141. The molecular weight excluding hydrogens is 394 g/mol. The molecule has 24 heavy (non-hydrogen) atoms. The Kier molecular flexibility index (Phi) is 5.85. The van der Waals surface area contributed by atoms with Crippen molar-refractivity contribution < 1.29 is 9.53 Å². The molecule has 0 spiro atoms. The number of ether oxygens (including phenoxy) is 1. The molecule has 0 radical (unpaired) electrons. The summed E-state index contributed by atoms with van der Waals surface area (Å²) in [6, 6.07) is 15.2. The van der Waals surface area contributed by atoms with E-state index in [9.17, 15) is 4.79 Å². The normalized spacial score (nSPS) is 10.4. The number of halogens is 2. The van der Waals surface area contributed by atoms with Crippen LogP contribution in [0, 0.1) is 5.41 Å². The van der Waals surface area contributed by atoms with Gasteiger partial charge in [-0.1, -0.05) is 41.9 Å². The molecule has 1 heterocycles. The summed E-state index contributed by atoms with van der Waals surface area (Å²) in [6.45, 7) is 0.471. The summed E-state index contributed by atoms with van der Waals surface area (Å²) in [5.41, 5.74) is 2.85. The predicted octanol–water partition coefficient (Wildman–Crippen LogP) is 3.37.